The van der Waals surface area contributed by atoms with Crippen molar-refractivity contribution in [3.8, 4) is 0 Å². The van der Waals surface area contributed by atoms with Crippen molar-refractivity contribution < 1.29 is 77.7 Å². The van der Waals surface area contributed by atoms with E-state index >= 15 is 0 Å². The van der Waals surface area contributed by atoms with Crippen LogP contribution in [-0.4, -0.2) is 176 Å². The molecule has 16 heterocycles. The van der Waals surface area contributed by atoms with E-state index in [1.54, 1.807) is 150 Å². The van der Waals surface area contributed by atoms with Crippen LogP contribution in [-0.2, 0) is 85.5 Å². The van der Waals surface area contributed by atoms with E-state index in [0.717, 1.165) is 114 Å². The molecule has 8 aromatic heterocycles. The van der Waals surface area contributed by atoms with Gasteiger partial charge in [-0.05, 0) is 134 Å². The highest BCUT2D eigenvalue weighted by Gasteiger charge is 2.39. The topological polar surface area (TPSA) is 358 Å². The third kappa shape index (κ3) is 26.8. The van der Waals surface area contributed by atoms with Gasteiger partial charge in [0.25, 0.3) is 0 Å². The Morgan fingerprint density at radius 1 is 0.375 bits per heavy atom. The van der Waals surface area contributed by atoms with Crippen molar-refractivity contribution in [2.75, 3.05) is 49.4 Å². The van der Waals surface area contributed by atoms with Gasteiger partial charge in [-0.3, -0.25) is 78.2 Å². The van der Waals surface area contributed by atoms with Crippen molar-refractivity contribution in [2.24, 2.45) is 0 Å². The average molecular weight is 1760 g/mol. The molecule has 24 nitrogen and oxygen atoms in total. The second-order valence-corrected chi connectivity index (χ2v) is 32.3. The summed E-state index contributed by atoms with van der Waals surface area (Å²) in [6.07, 6.45) is 18.9. The minimum absolute atomic E-state index is 0. The molecule has 0 saturated carbocycles. The van der Waals surface area contributed by atoms with E-state index in [-0.39, 0.29) is 95.3 Å². The number of nitrogens with zero attached hydrogens (tertiary/aromatic N) is 8. The van der Waals surface area contributed by atoms with Gasteiger partial charge in [0.15, 0.2) is 11.6 Å². The number of aliphatic hydroxyl groups excluding tert-OH is 4. The standard InChI is InChI=1S/4C11H13NO3S.4C8H7NOS.4ClH/c1-2-15-11(14)10-9(13)8-3-4-12-5-7(8)6-16-10;1-2-15-11(14)10-9(13)8-5-12-4-3-7(8)6-16-10;1-2-15-11(14)10-9(13)7-4-3-5-12-8(7)6-16-10;1-2-15-11(14)10-9(13)8-7(6-16-10)4-3-5-12-8;10-8-7-1-3-9-5-6(7)2-4-11-8;10-8-7-5-9-3-1-6(7)2-4-11-8;10-8-5-11-4-7-6(8)2-1-3-9-7;10-7-5-11-4-6-2-1-3-9-8(6)7;;;;/h4*3-5,9-10,13H,2,6H2,1H3;2*1,3,5H,2,4H2;2*1-3H,4-5H2;4*1H. The maximum absolute atomic E-state index is 11.6. The second-order valence-electron chi connectivity index (χ2n) is 23.6. The van der Waals surface area contributed by atoms with Crippen LogP contribution >= 0.6 is 144 Å². The summed E-state index contributed by atoms with van der Waals surface area (Å²) in [4.78, 5) is 124. The molecule has 36 heteroatoms. The number of hydrogen-bond donors (Lipinski definition) is 4. The van der Waals surface area contributed by atoms with E-state index in [4.69, 9.17) is 18.9 Å². The van der Waals surface area contributed by atoms with Crippen LogP contribution in [0.2, 0.25) is 0 Å². The lowest BCUT2D eigenvalue weighted by molar-refractivity contribution is -0.145. The van der Waals surface area contributed by atoms with Gasteiger partial charge < -0.3 is 39.4 Å². The van der Waals surface area contributed by atoms with Crippen molar-refractivity contribution in [2.45, 2.75) is 120 Å². The summed E-state index contributed by atoms with van der Waals surface area (Å²) in [5, 5.41) is 38.4. The van der Waals surface area contributed by atoms with E-state index in [9.17, 15) is 58.8 Å². The Balaban J connectivity index is 0.000000229. The Bertz CT molecular complexity index is 3900. The number of aromatic nitrogens is 8. The number of ketones is 2. The van der Waals surface area contributed by atoms with Crippen LogP contribution in [0.25, 0.3) is 0 Å². The number of Topliss-reactive ketones (excluding diaryl/α,β-unsaturated/α-hetero) is 2. The van der Waals surface area contributed by atoms with Gasteiger partial charge in [-0.2, -0.15) is 0 Å². The first kappa shape index (κ1) is 96.1. The fourth-order valence-corrected chi connectivity index (χ4v) is 19.3. The van der Waals surface area contributed by atoms with Gasteiger partial charge in [0.2, 0.25) is 10.2 Å². The average Bonchev–Trinajstić information content (AvgIpc) is 0.813. The van der Waals surface area contributed by atoms with Crippen LogP contribution in [0.3, 0.4) is 0 Å². The van der Waals surface area contributed by atoms with Crippen LogP contribution in [0.1, 0.15) is 161 Å². The highest BCUT2D eigenvalue weighted by molar-refractivity contribution is 8.14. The number of halogens is 4. The Hall–Kier alpha value is -6.44. The van der Waals surface area contributed by atoms with Gasteiger partial charge in [0, 0.05) is 143 Å². The molecule has 0 aromatic carbocycles. The minimum Gasteiger partial charge on any atom is -0.465 e. The summed E-state index contributed by atoms with van der Waals surface area (Å²) in [6, 6.07) is 22.2. The lowest BCUT2D eigenvalue weighted by Gasteiger charge is -2.27. The van der Waals surface area contributed by atoms with Gasteiger partial charge in [-0.25, -0.2) is 0 Å². The predicted molar refractivity (Wildman–Crippen MR) is 452 cm³/mol. The Morgan fingerprint density at radius 3 is 1.44 bits per heavy atom. The first-order valence-corrected chi connectivity index (χ1v) is 42.8. The number of thioether (sulfide) groups is 8. The zero-order valence-electron chi connectivity index (χ0n) is 61.0. The fourth-order valence-electron chi connectivity index (χ4n) is 11.3. The number of esters is 4. The van der Waals surface area contributed by atoms with E-state index in [0.29, 0.717) is 72.3 Å². The fraction of sp³-hybridized carbons (Fsp3) is 0.368. The largest absolute Gasteiger partial charge is 0.465 e. The minimum atomic E-state index is -0.867. The van der Waals surface area contributed by atoms with E-state index < -0.39 is 45.4 Å². The second kappa shape index (κ2) is 50.1. The van der Waals surface area contributed by atoms with Crippen LogP contribution in [0, 0.1) is 0 Å². The van der Waals surface area contributed by atoms with Gasteiger partial charge in [0.1, 0.15) is 51.1 Å². The highest BCUT2D eigenvalue weighted by atomic mass is 35.5. The quantitative estimate of drug-likeness (QED) is 0.0811. The van der Waals surface area contributed by atoms with Crippen molar-refractivity contribution in [1.82, 2.24) is 39.9 Å². The lowest BCUT2D eigenvalue weighted by Crippen LogP contribution is -2.31. The summed E-state index contributed by atoms with van der Waals surface area (Å²) < 4.78 is 19.7. The van der Waals surface area contributed by atoms with Gasteiger partial charge in [-0.1, -0.05) is 41.7 Å². The summed E-state index contributed by atoms with van der Waals surface area (Å²) in [5.74, 6) is 6.49. The summed E-state index contributed by atoms with van der Waals surface area (Å²) in [5.41, 5.74) is 14.1. The van der Waals surface area contributed by atoms with Gasteiger partial charge >= 0.3 is 23.9 Å². The first-order chi connectivity index (χ1) is 52.5. The van der Waals surface area contributed by atoms with Crippen LogP contribution in [0.15, 0.2) is 147 Å². The first-order valence-electron chi connectivity index (χ1n) is 34.3. The monoisotopic (exact) mass is 1760 g/mol. The van der Waals surface area contributed by atoms with Crippen molar-refractivity contribution in [3.05, 3.63) is 237 Å². The molecule has 16 rings (SSSR count). The predicted octanol–water partition coefficient (Wildman–Crippen LogP) is 12.9. The lowest BCUT2D eigenvalue weighted by atomic mass is 10.0. The summed E-state index contributed by atoms with van der Waals surface area (Å²) in [7, 11) is 0. The number of ether oxygens (including phenoxy) is 4. The van der Waals surface area contributed by atoms with E-state index in [1.807, 2.05) is 48.5 Å². The molecular weight excluding hydrogens is 1680 g/mol. The zero-order valence-corrected chi connectivity index (χ0v) is 70.8. The molecule has 0 amide bonds. The maximum atomic E-state index is 11.6. The normalized spacial score (nSPS) is 19.9. The van der Waals surface area contributed by atoms with Crippen molar-refractivity contribution in [3.63, 3.8) is 0 Å². The zero-order chi connectivity index (χ0) is 76.9. The molecule has 8 unspecified atom stereocenters. The smallest absolute Gasteiger partial charge is 0.322 e. The Labute approximate surface area is 707 Å². The van der Waals surface area contributed by atoms with Gasteiger partial charge in [0.05, 0.1) is 60.6 Å². The number of pyridine rings is 8. The molecule has 0 fully saturated rings. The van der Waals surface area contributed by atoms with Crippen molar-refractivity contribution >= 4 is 189 Å². The molecule has 600 valence electrons. The molecule has 112 heavy (non-hydrogen) atoms. The number of hydrogen-bond acceptors (Lipinski definition) is 32. The van der Waals surface area contributed by atoms with Crippen molar-refractivity contribution in [1.29, 1.82) is 0 Å². The number of carbonyl (C=O) groups excluding carboxylic acids is 8. The van der Waals surface area contributed by atoms with Crippen LogP contribution in [0.4, 0.5) is 0 Å². The molecule has 4 N–H and O–H groups in total. The van der Waals surface area contributed by atoms with Crippen LogP contribution in [0.5, 0.6) is 0 Å². The number of aryl methyl sites for hydroxylation is 2. The highest BCUT2D eigenvalue weighted by Crippen LogP contribution is 2.41. The Morgan fingerprint density at radius 2 is 0.830 bits per heavy atom. The number of aliphatic hydroxyl groups is 4. The van der Waals surface area contributed by atoms with E-state index in [2.05, 4.69) is 39.9 Å². The molecule has 8 atom stereocenters. The third-order valence-corrected chi connectivity index (χ3v) is 25.4. The summed E-state index contributed by atoms with van der Waals surface area (Å²) >= 11 is 11.6. The molecule has 8 aliphatic rings. The molecule has 0 bridgehead atoms. The summed E-state index contributed by atoms with van der Waals surface area (Å²) in [6.45, 7) is 8.37. The Kier molecular flexibility index (Phi) is 43.0. The molecular formula is C76H84Cl4N8O16S8. The molecule has 0 radical (unpaired) electrons. The molecule has 0 spiro atoms. The van der Waals surface area contributed by atoms with Gasteiger partial charge in [-0.15, -0.1) is 120 Å². The maximum Gasteiger partial charge on any atom is 0.322 e. The molecule has 8 aliphatic heterocycles. The van der Waals surface area contributed by atoms with E-state index in [1.165, 1.54) is 70.6 Å². The molecule has 0 aliphatic carbocycles. The number of fused-ring (bicyclic) bond motifs is 8. The molecule has 0 saturated heterocycles. The van der Waals surface area contributed by atoms with Crippen LogP contribution < -0.4 is 0 Å². The SMILES string of the molecule is CCOC(=O)C1SCc2cccnc2C1O.CCOC(=O)C1SCc2ccncc2C1O.CCOC(=O)C1SCc2cnccc2C1O.CCOC(=O)C1SCc2ncccc2C1O.Cl.Cl.Cl.Cl.O=C1CSCc2cccnc21.O=C1CSCc2ncccc21.O=C1SCCc2ccncc21.O=C1SCCc2cnccc21. The number of rotatable bonds is 8. The molecule has 8 aromatic rings. The number of carbonyl (C=O) groups is 8. The third-order valence-electron chi connectivity index (χ3n) is 16.6.